The van der Waals surface area contributed by atoms with Crippen molar-refractivity contribution in [3.8, 4) is 0 Å². The normalized spacial score (nSPS) is 10.5. The molecule has 0 saturated carbocycles. The number of hydrogen-bond acceptors (Lipinski definition) is 4. The van der Waals surface area contributed by atoms with Crippen LogP contribution in [0.4, 0.5) is 0 Å². The third-order valence-electron chi connectivity index (χ3n) is 3.70. The number of carbonyl (C=O) groups excluding carboxylic acids is 2. The molecule has 0 unspecified atom stereocenters. The molecular weight excluding hydrogens is 322 g/mol. The van der Waals surface area contributed by atoms with Gasteiger partial charge < -0.3 is 10.1 Å². The number of benzene rings is 2. The van der Waals surface area contributed by atoms with Crippen molar-refractivity contribution in [3.63, 3.8) is 0 Å². The minimum Gasteiger partial charge on any atom is -0.451 e. The Bertz CT molecular complexity index is 871. The maximum atomic E-state index is 12.2. The highest BCUT2D eigenvalue weighted by atomic mass is 32.1. The Hall–Kier alpha value is -2.66. The van der Waals surface area contributed by atoms with E-state index in [2.05, 4.69) is 5.32 Å². The molecule has 122 valence electrons. The van der Waals surface area contributed by atoms with Crippen molar-refractivity contribution < 1.29 is 14.3 Å². The van der Waals surface area contributed by atoms with E-state index in [0.717, 1.165) is 21.2 Å². The van der Waals surface area contributed by atoms with Crippen LogP contribution < -0.4 is 5.32 Å². The summed E-state index contributed by atoms with van der Waals surface area (Å²) in [6.45, 7) is 2.03. The smallest absolute Gasteiger partial charge is 0.349 e. The molecule has 1 N–H and O–H groups in total. The summed E-state index contributed by atoms with van der Waals surface area (Å²) in [4.78, 5) is 24.6. The molecule has 1 heterocycles. The van der Waals surface area contributed by atoms with Gasteiger partial charge in [0.1, 0.15) is 4.88 Å². The molecule has 0 aliphatic rings. The summed E-state index contributed by atoms with van der Waals surface area (Å²) in [6, 6.07) is 17.4. The lowest BCUT2D eigenvalue weighted by molar-refractivity contribution is -0.124. The Labute approximate surface area is 144 Å². The van der Waals surface area contributed by atoms with Crippen LogP contribution in [-0.2, 0) is 16.1 Å². The number of nitrogens with one attached hydrogen (secondary N) is 1. The van der Waals surface area contributed by atoms with Gasteiger partial charge in [-0.1, -0.05) is 48.5 Å². The van der Waals surface area contributed by atoms with Crippen molar-refractivity contribution in [1.29, 1.82) is 0 Å². The zero-order chi connectivity index (χ0) is 16.9. The van der Waals surface area contributed by atoms with Gasteiger partial charge in [0.2, 0.25) is 0 Å². The van der Waals surface area contributed by atoms with Crippen molar-refractivity contribution in [3.05, 3.63) is 70.6 Å². The van der Waals surface area contributed by atoms with Crippen LogP contribution in [-0.4, -0.2) is 18.5 Å². The van der Waals surface area contributed by atoms with Gasteiger partial charge in [0.15, 0.2) is 6.61 Å². The minimum atomic E-state index is -0.455. The molecule has 0 aliphatic carbocycles. The molecule has 0 saturated heterocycles. The summed E-state index contributed by atoms with van der Waals surface area (Å²) in [6.07, 6.45) is 0. The molecule has 3 aromatic rings. The fraction of sp³-hybridized carbons (Fsp3) is 0.158. The van der Waals surface area contributed by atoms with Crippen molar-refractivity contribution in [2.75, 3.05) is 6.61 Å². The summed E-state index contributed by atoms with van der Waals surface area (Å²) < 4.78 is 6.19. The lowest BCUT2D eigenvalue weighted by atomic mass is 10.1. The number of ether oxygens (including phenoxy) is 1. The SMILES string of the molecule is Cc1c(C(=O)OCC(=O)NCc2ccccc2)sc2ccccc12. The maximum Gasteiger partial charge on any atom is 0.349 e. The predicted octanol–water partition coefficient (Wildman–Crippen LogP) is 3.68. The second-order valence-electron chi connectivity index (χ2n) is 5.39. The van der Waals surface area contributed by atoms with Gasteiger partial charge in [0.25, 0.3) is 5.91 Å². The third-order valence-corrected chi connectivity index (χ3v) is 4.95. The number of amides is 1. The molecule has 5 heteroatoms. The Morgan fingerprint density at radius 3 is 2.50 bits per heavy atom. The zero-order valence-corrected chi connectivity index (χ0v) is 14.1. The number of fused-ring (bicyclic) bond motifs is 1. The third kappa shape index (κ3) is 3.63. The summed E-state index contributed by atoms with van der Waals surface area (Å²) >= 11 is 1.39. The van der Waals surface area contributed by atoms with Crippen LogP contribution >= 0.6 is 11.3 Å². The Morgan fingerprint density at radius 2 is 1.75 bits per heavy atom. The lowest BCUT2D eigenvalue weighted by Crippen LogP contribution is -2.28. The highest BCUT2D eigenvalue weighted by Gasteiger charge is 2.17. The van der Waals surface area contributed by atoms with Crippen molar-refractivity contribution in [1.82, 2.24) is 5.32 Å². The summed E-state index contributed by atoms with van der Waals surface area (Å²) in [7, 11) is 0. The first-order valence-electron chi connectivity index (χ1n) is 7.61. The molecule has 1 amide bonds. The largest absolute Gasteiger partial charge is 0.451 e. The lowest BCUT2D eigenvalue weighted by Gasteiger charge is -2.06. The summed E-state index contributed by atoms with van der Waals surface area (Å²) in [5.74, 6) is -0.769. The highest BCUT2D eigenvalue weighted by Crippen LogP contribution is 2.30. The fourth-order valence-electron chi connectivity index (χ4n) is 2.41. The Morgan fingerprint density at radius 1 is 1.04 bits per heavy atom. The van der Waals surface area contributed by atoms with E-state index in [1.807, 2.05) is 61.5 Å². The molecule has 0 bridgehead atoms. The van der Waals surface area contributed by atoms with Crippen LogP contribution in [0, 0.1) is 6.92 Å². The minimum absolute atomic E-state index is 0.278. The average Bonchev–Trinajstić information content (AvgIpc) is 2.96. The summed E-state index contributed by atoms with van der Waals surface area (Å²) in [5, 5.41) is 3.78. The van der Waals surface area contributed by atoms with Gasteiger partial charge in [-0.3, -0.25) is 4.79 Å². The number of thiophene rings is 1. The van der Waals surface area contributed by atoms with Crippen molar-refractivity contribution in [2.24, 2.45) is 0 Å². The first-order valence-corrected chi connectivity index (χ1v) is 8.42. The second kappa shape index (κ2) is 7.27. The molecule has 3 rings (SSSR count). The monoisotopic (exact) mass is 339 g/mol. The molecule has 4 nitrogen and oxygen atoms in total. The molecule has 0 aliphatic heterocycles. The first kappa shape index (κ1) is 16.2. The van der Waals surface area contributed by atoms with E-state index in [-0.39, 0.29) is 12.5 Å². The van der Waals surface area contributed by atoms with Gasteiger partial charge in [0, 0.05) is 11.2 Å². The fourth-order valence-corrected chi connectivity index (χ4v) is 3.52. The second-order valence-corrected chi connectivity index (χ2v) is 6.44. The molecule has 1 aromatic heterocycles. The van der Waals surface area contributed by atoms with Gasteiger partial charge in [-0.05, 0) is 29.5 Å². The van der Waals surface area contributed by atoms with Crippen LogP contribution in [0.15, 0.2) is 54.6 Å². The number of hydrogen-bond donors (Lipinski definition) is 1. The topological polar surface area (TPSA) is 55.4 Å². The Kier molecular flexibility index (Phi) is 4.91. The van der Waals surface area contributed by atoms with Gasteiger partial charge in [0.05, 0.1) is 0 Å². The van der Waals surface area contributed by atoms with Crippen LogP contribution in [0.25, 0.3) is 10.1 Å². The van der Waals surface area contributed by atoms with E-state index in [9.17, 15) is 9.59 Å². The van der Waals surface area contributed by atoms with Crippen LogP contribution in [0.5, 0.6) is 0 Å². The predicted molar refractivity (Wildman–Crippen MR) is 95.1 cm³/mol. The summed E-state index contributed by atoms with van der Waals surface area (Å²) in [5.41, 5.74) is 1.89. The molecule has 0 spiro atoms. The first-order chi connectivity index (χ1) is 11.6. The maximum absolute atomic E-state index is 12.2. The number of aryl methyl sites for hydroxylation is 1. The number of esters is 1. The van der Waals surface area contributed by atoms with Gasteiger partial charge in [-0.2, -0.15) is 0 Å². The highest BCUT2D eigenvalue weighted by molar-refractivity contribution is 7.21. The van der Waals surface area contributed by atoms with Crippen LogP contribution in [0.2, 0.25) is 0 Å². The number of carbonyl (C=O) groups is 2. The average molecular weight is 339 g/mol. The van der Waals surface area contributed by atoms with Crippen LogP contribution in [0.3, 0.4) is 0 Å². The standard InChI is InChI=1S/C19H17NO3S/c1-13-15-9-5-6-10-16(15)24-18(13)19(22)23-12-17(21)20-11-14-7-3-2-4-8-14/h2-10H,11-12H2,1H3,(H,20,21). The van der Waals surface area contributed by atoms with E-state index < -0.39 is 5.97 Å². The number of rotatable bonds is 5. The molecule has 0 radical (unpaired) electrons. The molecule has 0 fully saturated rings. The van der Waals surface area contributed by atoms with Crippen molar-refractivity contribution >= 4 is 33.3 Å². The molecular formula is C19H17NO3S. The Balaban J connectivity index is 1.56. The van der Waals surface area contributed by atoms with Crippen LogP contribution in [0.1, 0.15) is 20.8 Å². The molecule has 0 atom stereocenters. The quantitative estimate of drug-likeness (QED) is 0.722. The molecule has 24 heavy (non-hydrogen) atoms. The van der Waals surface area contributed by atoms with E-state index >= 15 is 0 Å². The van der Waals surface area contributed by atoms with Crippen molar-refractivity contribution in [2.45, 2.75) is 13.5 Å². The van der Waals surface area contributed by atoms with Gasteiger partial charge >= 0.3 is 5.97 Å². The van der Waals surface area contributed by atoms with E-state index in [1.54, 1.807) is 0 Å². The molecule has 2 aromatic carbocycles. The van der Waals surface area contributed by atoms with E-state index in [1.165, 1.54) is 11.3 Å². The van der Waals surface area contributed by atoms with E-state index in [4.69, 9.17) is 4.74 Å². The van der Waals surface area contributed by atoms with Gasteiger partial charge in [-0.25, -0.2) is 4.79 Å². The zero-order valence-electron chi connectivity index (χ0n) is 13.2. The van der Waals surface area contributed by atoms with Gasteiger partial charge in [-0.15, -0.1) is 11.3 Å². The van der Waals surface area contributed by atoms with E-state index in [0.29, 0.717) is 11.4 Å².